The van der Waals surface area contributed by atoms with E-state index in [1.807, 2.05) is 18.2 Å². The molecule has 0 bridgehead atoms. The second kappa shape index (κ2) is 7.52. The molecule has 0 saturated heterocycles. The molecule has 0 unspecified atom stereocenters. The van der Waals surface area contributed by atoms with Crippen molar-refractivity contribution in [2.75, 3.05) is 0 Å². The molecule has 0 fully saturated rings. The summed E-state index contributed by atoms with van der Waals surface area (Å²) in [6.07, 6.45) is 2.57. The van der Waals surface area contributed by atoms with E-state index in [0.717, 1.165) is 41.5 Å². The van der Waals surface area contributed by atoms with Crippen LogP contribution in [0.1, 0.15) is 49.3 Å². The maximum absolute atomic E-state index is 13.2. The summed E-state index contributed by atoms with van der Waals surface area (Å²) in [7, 11) is 0. The molecule has 0 amide bonds. The van der Waals surface area contributed by atoms with Crippen LogP contribution in [0.3, 0.4) is 0 Å². The van der Waals surface area contributed by atoms with Crippen molar-refractivity contribution >= 4 is 5.78 Å². The van der Waals surface area contributed by atoms with E-state index in [1.54, 1.807) is 0 Å². The van der Waals surface area contributed by atoms with E-state index >= 15 is 0 Å². The predicted octanol–water partition coefficient (Wildman–Crippen LogP) is 6.00. The third kappa shape index (κ3) is 3.64. The van der Waals surface area contributed by atoms with Crippen LogP contribution in [0, 0.1) is 0 Å². The Labute approximate surface area is 171 Å². The average Bonchev–Trinajstić information content (AvgIpc) is 2.76. The first-order chi connectivity index (χ1) is 14.3. The molecule has 0 aromatic heterocycles. The number of benzene rings is 4. The molecule has 140 valence electrons. The highest BCUT2D eigenvalue weighted by Gasteiger charge is 2.23. The van der Waals surface area contributed by atoms with Crippen LogP contribution >= 0.6 is 0 Å². The molecule has 1 nitrogen and oxygen atoms in total. The van der Waals surface area contributed by atoms with E-state index in [2.05, 4.69) is 78.9 Å². The molecule has 1 heteroatoms. The lowest BCUT2D eigenvalue weighted by molar-refractivity contribution is 0.103. The minimum atomic E-state index is 0.155. The maximum atomic E-state index is 13.2. The number of carbonyl (C=O) groups is 1. The minimum Gasteiger partial charge on any atom is -0.289 e. The molecule has 0 heterocycles. The standard InChI is InChI=1S/C28H22O/c29-28-26-14-12-22(15-20-7-3-1-4-8-20)17-25(26)19-24-13-11-23(18-27(24)28)16-21-9-5-2-6-10-21/h1-14,17-18H,15-16,19H2. The largest absolute Gasteiger partial charge is 0.289 e. The van der Waals surface area contributed by atoms with Gasteiger partial charge in [-0.1, -0.05) is 91.0 Å². The van der Waals surface area contributed by atoms with Crippen molar-refractivity contribution in [3.05, 3.63) is 142 Å². The molecule has 0 saturated carbocycles. The zero-order chi connectivity index (χ0) is 19.6. The van der Waals surface area contributed by atoms with Crippen molar-refractivity contribution in [2.45, 2.75) is 19.3 Å². The van der Waals surface area contributed by atoms with Gasteiger partial charge in [-0.3, -0.25) is 4.79 Å². The van der Waals surface area contributed by atoms with Gasteiger partial charge in [-0.15, -0.1) is 0 Å². The fourth-order valence-corrected chi connectivity index (χ4v) is 4.24. The average molecular weight is 374 g/mol. The van der Waals surface area contributed by atoms with Gasteiger partial charge in [0.25, 0.3) is 0 Å². The van der Waals surface area contributed by atoms with Gasteiger partial charge in [-0.2, -0.15) is 0 Å². The predicted molar refractivity (Wildman–Crippen MR) is 118 cm³/mol. The van der Waals surface area contributed by atoms with E-state index in [0.29, 0.717) is 0 Å². The molecular formula is C28H22O. The van der Waals surface area contributed by atoms with Crippen LogP contribution in [0.5, 0.6) is 0 Å². The molecule has 1 aliphatic carbocycles. The van der Waals surface area contributed by atoms with E-state index in [-0.39, 0.29) is 5.78 Å². The first-order valence-electron chi connectivity index (χ1n) is 10.1. The number of fused-ring (bicyclic) bond motifs is 2. The zero-order valence-corrected chi connectivity index (χ0v) is 16.3. The van der Waals surface area contributed by atoms with Crippen LogP contribution < -0.4 is 0 Å². The number of hydrogen-bond acceptors (Lipinski definition) is 1. The lowest BCUT2D eigenvalue weighted by Crippen LogP contribution is -2.16. The summed E-state index contributed by atoms with van der Waals surface area (Å²) in [6, 6.07) is 33.6. The molecule has 0 aliphatic heterocycles. The fraction of sp³-hybridized carbons (Fsp3) is 0.107. The number of carbonyl (C=O) groups excluding carboxylic acids is 1. The number of rotatable bonds is 4. The van der Waals surface area contributed by atoms with Crippen molar-refractivity contribution in [2.24, 2.45) is 0 Å². The van der Waals surface area contributed by atoms with Gasteiger partial charge < -0.3 is 0 Å². The van der Waals surface area contributed by atoms with Crippen LogP contribution in [-0.4, -0.2) is 5.78 Å². The van der Waals surface area contributed by atoms with Gasteiger partial charge in [-0.25, -0.2) is 0 Å². The Morgan fingerprint density at radius 2 is 1.10 bits per heavy atom. The summed E-state index contributed by atoms with van der Waals surface area (Å²) in [4.78, 5) is 13.2. The zero-order valence-electron chi connectivity index (χ0n) is 16.3. The Morgan fingerprint density at radius 3 is 1.76 bits per heavy atom. The highest BCUT2D eigenvalue weighted by molar-refractivity contribution is 6.12. The van der Waals surface area contributed by atoms with Gasteiger partial charge in [0.05, 0.1) is 0 Å². The molecule has 4 aromatic rings. The first kappa shape index (κ1) is 17.6. The smallest absolute Gasteiger partial charge is 0.193 e. The monoisotopic (exact) mass is 374 g/mol. The normalized spacial score (nSPS) is 12.3. The fourth-order valence-electron chi connectivity index (χ4n) is 4.24. The van der Waals surface area contributed by atoms with Crippen LogP contribution in [0.2, 0.25) is 0 Å². The van der Waals surface area contributed by atoms with Crippen LogP contribution in [0.25, 0.3) is 0 Å². The summed E-state index contributed by atoms with van der Waals surface area (Å²) in [5.74, 6) is 0.155. The molecule has 0 N–H and O–H groups in total. The Bertz CT molecular complexity index is 1170. The third-order valence-electron chi connectivity index (χ3n) is 5.72. The SMILES string of the molecule is O=C1c2ccc(Cc3ccccc3)cc2Cc2ccc(Cc3ccccc3)cc21. The second-order valence-corrected chi connectivity index (χ2v) is 7.81. The summed E-state index contributed by atoms with van der Waals surface area (Å²) in [6.45, 7) is 0. The van der Waals surface area contributed by atoms with Gasteiger partial charge in [0.15, 0.2) is 5.78 Å². The molecule has 0 radical (unpaired) electrons. The summed E-state index contributed by atoms with van der Waals surface area (Å²) >= 11 is 0. The van der Waals surface area contributed by atoms with Crippen LogP contribution in [-0.2, 0) is 19.3 Å². The van der Waals surface area contributed by atoms with E-state index in [4.69, 9.17) is 0 Å². The summed E-state index contributed by atoms with van der Waals surface area (Å²) < 4.78 is 0. The molecular weight excluding hydrogens is 352 g/mol. The molecule has 0 spiro atoms. The van der Waals surface area contributed by atoms with Crippen molar-refractivity contribution in [1.29, 1.82) is 0 Å². The Balaban J connectivity index is 1.42. The van der Waals surface area contributed by atoms with Gasteiger partial charge in [0.2, 0.25) is 0 Å². The van der Waals surface area contributed by atoms with Gasteiger partial charge in [0.1, 0.15) is 0 Å². The van der Waals surface area contributed by atoms with Gasteiger partial charge in [0, 0.05) is 11.1 Å². The van der Waals surface area contributed by atoms with E-state index in [9.17, 15) is 4.79 Å². The minimum absolute atomic E-state index is 0.155. The topological polar surface area (TPSA) is 17.1 Å². The van der Waals surface area contributed by atoms with Crippen molar-refractivity contribution < 1.29 is 4.79 Å². The van der Waals surface area contributed by atoms with E-state index < -0.39 is 0 Å². The Kier molecular flexibility index (Phi) is 4.57. The number of ketones is 1. The quantitative estimate of drug-likeness (QED) is 0.377. The van der Waals surface area contributed by atoms with Crippen molar-refractivity contribution in [1.82, 2.24) is 0 Å². The second-order valence-electron chi connectivity index (χ2n) is 7.81. The molecule has 29 heavy (non-hydrogen) atoms. The molecule has 0 atom stereocenters. The maximum Gasteiger partial charge on any atom is 0.193 e. The molecule has 4 aromatic carbocycles. The lowest BCUT2D eigenvalue weighted by atomic mass is 9.82. The Hall–Kier alpha value is -3.45. The first-order valence-corrected chi connectivity index (χ1v) is 10.1. The number of hydrogen-bond donors (Lipinski definition) is 0. The van der Waals surface area contributed by atoms with Crippen molar-refractivity contribution in [3.63, 3.8) is 0 Å². The summed E-state index contributed by atoms with van der Waals surface area (Å²) in [5, 5.41) is 0. The molecule has 1 aliphatic rings. The van der Waals surface area contributed by atoms with Crippen molar-refractivity contribution in [3.8, 4) is 0 Å². The lowest BCUT2D eigenvalue weighted by Gasteiger charge is -2.20. The third-order valence-corrected chi connectivity index (χ3v) is 5.72. The van der Waals surface area contributed by atoms with Crippen LogP contribution in [0.15, 0.2) is 97.1 Å². The Morgan fingerprint density at radius 1 is 0.517 bits per heavy atom. The van der Waals surface area contributed by atoms with Crippen LogP contribution in [0.4, 0.5) is 0 Å². The van der Waals surface area contributed by atoms with Gasteiger partial charge in [-0.05, 0) is 58.7 Å². The summed E-state index contributed by atoms with van der Waals surface area (Å²) in [5.41, 5.74) is 9.00. The molecule has 5 rings (SSSR count). The highest BCUT2D eigenvalue weighted by atomic mass is 16.1. The highest BCUT2D eigenvalue weighted by Crippen LogP contribution is 2.29. The van der Waals surface area contributed by atoms with Gasteiger partial charge >= 0.3 is 0 Å². The van der Waals surface area contributed by atoms with E-state index in [1.165, 1.54) is 22.3 Å².